The van der Waals surface area contributed by atoms with Crippen molar-refractivity contribution in [2.75, 3.05) is 13.6 Å². The normalized spacial score (nSPS) is 28.2. The molecule has 0 saturated carbocycles. The van der Waals surface area contributed by atoms with Crippen LogP contribution < -0.4 is 10.6 Å². The first-order chi connectivity index (χ1) is 9.35. The molecule has 112 valence electrons. The second kappa shape index (κ2) is 7.21. The summed E-state index contributed by atoms with van der Waals surface area (Å²) in [5, 5.41) is 10.8. The molecular weight excluding hydrogens is 371 g/mol. The Balaban J connectivity index is 0.00000147. The molecule has 3 heterocycles. The minimum atomic E-state index is 0. The van der Waals surface area contributed by atoms with Gasteiger partial charge in [-0.25, -0.2) is 4.98 Å². The lowest BCUT2D eigenvalue weighted by atomic mass is 9.96. The molecule has 0 aromatic carbocycles. The van der Waals surface area contributed by atoms with Crippen LogP contribution in [0.1, 0.15) is 19.3 Å². The molecule has 0 aliphatic carbocycles. The van der Waals surface area contributed by atoms with Gasteiger partial charge in [0.2, 0.25) is 0 Å². The van der Waals surface area contributed by atoms with Crippen LogP contribution in [0.15, 0.2) is 17.6 Å². The predicted molar refractivity (Wildman–Crippen MR) is 86.2 cm³/mol. The van der Waals surface area contributed by atoms with Crippen molar-refractivity contribution in [1.29, 1.82) is 0 Å². The molecule has 2 fully saturated rings. The molecule has 2 N–H and O–H groups in total. The third-order valence-electron chi connectivity index (χ3n) is 3.75. The zero-order chi connectivity index (χ0) is 13.1. The lowest BCUT2D eigenvalue weighted by molar-refractivity contribution is 0.0992. The van der Waals surface area contributed by atoms with Crippen molar-refractivity contribution in [2.45, 2.75) is 44.1 Å². The number of hydrogen-bond donors (Lipinski definition) is 2. The first-order valence-corrected chi connectivity index (χ1v) is 6.80. The van der Waals surface area contributed by atoms with Gasteiger partial charge in [0.1, 0.15) is 12.7 Å². The summed E-state index contributed by atoms with van der Waals surface area (Å²) < 4.78 is 7.62. The number of ether oxygens (including phenoxy) is 1. The minimum absolute atomic E-state index is 0. The quantitative estimate of drug-likeness (QED) is 0.440. The summed E-state index contributed by atoms with van der Waals surface area (Å²) in [5.41, 5.74) is 0. The van der Waals surface area contributed by atoms with Crippen LogP contribution in [0.2, 0.25) is 0 Å². The third kappa shape index (κ3) is 3.60. The first kappa shape index (κ1) is 15.5. The summed E-state index contributed by atoms with van der Waals surface area (Å²) in [6.07, 6.45) is 7.53. The van der Waals surface area contributed by atoms with Gasteiger partial charge in [-0.1, -0.05) is 0 Å². The second-order valence-corrected chi connectivity index (χ2v) is 5.02. The molecule has 20 heavy (non-hydrogen) atoms. The minimum Gasteiger partial charge on any atom is -0.373 e. The van der Waals surface area contributed by atoms with Crippen molar-refractivity contribution in [1.82, 2.24) is 25.4 Å². The van der Waals surface area contributed by atoms with Crippen LogP contribution in [-0.2, 0) is 11.3 Å². The van der Waals surface area contributed by atoms with Gasteiger partial charge in [0.05, 0.1) is 24.8 Å². The smallest absolute Gasteiger partial charge is 0.191 e. The Morgan fingerprint density at radius 3 is 3.00 bits per heavy atom. The van der Waals surface area contributed by atoms with E-state index in [0.717, 1.165) is 31.9 Å². The Labute approximate surface area is 135 Å². The number of aromatic nitrogens is 3. The molecule has 2 aliphatic heterocycles. The second-order valence-electron chi connectivity index (χ2n) is 5.02. The predicted octanol–water partition coefficient (Wildman–Crippen LogP) is 0.381. The monoisotopic (exact) mass is 392 g/mol. The summed E-state index contributed by atoms with van der Waals surface area (Å²) in [5.74, 6) is 0.835. The molecular formula is C12H21IN6O. The van der Waals surface area contributed by atoms with E-state index in [4.69, 9.17) is 4.74 Å². The van der Waals surface area contributed by atoms with E-state index in [1.54, 1.807) is 24.4 Å². The standard InChI is InChI=1S/C12H20N6O.HI/c1-13-12(15-4-5-18-8-14-7-16-18)17-10-6-9-2-3-11(10)19-9;/h7-11H,2-6H2,1H3,(H2,13,15,17);1H. The van der Waals surface area contributed by atoms with Crippen LogP contribution in [0.4, 0.5) is 0 Å². The third-order valence-corrected chi connectivity index (χ3v) is 3.75. The molecule has 0 spiro atoms. The van der Waals surface area contributed by atoms with E-state index in [-0.39, 0.29) is 24.0 Å². The van der Waals surface area contributed by atoms with Crippen molar-refractivity contribution in [2.24, 2.45) is 4.99 Å². The Morgan fingerprint density at radius 1 is 1.50 bits per heavy atom. The zero-order valence-corrected chi connectivity index (χ0v) is 13.9. The highest BCUT2D eigenvalue weighted by Gasteiger charge is 2.40. The topological polar surface area (TPSA) is 76.4 Å². The number of aliphatic imine (C=N–C) groups is 1. The molecule has 3 rings (SSSR count). The van der Waals surface area contributed by atoms with Crippen LogP contribution in [0.25, 0.3) is 0 Å². The van der Waals surface area contributed by atoms with Crippen molar-refractivity contribution in [3.05, 3.63) is 12.7 Å². The number of nitrogens with zero attached hydrogens (tertiary/aromatic N) is 4. The maximum absolute atomic E-state index is 5.83. The number of rotatable bonds is 4. The summed E-state index contributed by atoms with van der Waals surface area (Å²) in [6, 6.07) is 0.399. The summed E-state index contributed by atoms with van der Waals surface area (Å²) in [6.45, 7) is 1.54. The van der Waals surface area contributed by atoms with Gasteiger partial charge >= 0.3 is 0 Å². The Hall–Kier alpha value is -0.900. The molecule has 2 aliphatic rings. The summed E-state index contributed by atoms with van der Waals surface area (Å²) in [7, 11) is 1.79. The Kier molecular flexibility index (Phi) is 5.58. The van der Waals surface area contributed by atoms with Gasteiger partial charge in [0, 0.05) is 13.6 Å². The maximum Gasteiger partial charge on any atom is 0.191 e. The zero-order valence-electron chi connectivity index (χ0n) is 11.5. The van der Waals surface area contributed by atoms with Gasteiger partial charge in [-0.15, -0.1) is 24.0 Å². The first-order valence-electron chi connectivity index (χ1n) is 6.80. The van der Waals surface area contributed by atoms with Crippen LogP contribution >= 0.6 is 24.0 Å². The lowest BCUT2D eigenvalue weighted by Crippen LogP contribution is -2.48. The largest absolute Gasteiger partial charge is 0.373 e. The number of halogens is 1. The lowest BCUT2D eigenvalue weighted by Gasteiger charge is -2.22. The van der Waals surface area contributed by atoms with Crippen LogP contribution in [0.3, 0.4) is 0 Å². The molecule has 3 unspecified atom stereocenters. The molecule has 0 radical (unpaired) electrons. The Bertz CT molecular complexity index is 437. The molecule has 8 heteroatoms. The van der Waals surface area contributed by atoms with Gasteiger partial charge in [-0.3, -0.25) is 9.67 Å². The van der Waals surface area contributed by atoms with Gasteiger partial charge in [0.25, 0.3) is 0 Å². The van der Waals surface area contributed by atoms with Crippen molar-refractivity contribution in [3.8, 4) is 0 Å². The van der Waals surface area contributed by atoms with Crippen molar-refractivity contribution >= 4 is 29.9 Å². The summed E-state index contributed by atoms with van der Waals surface area (Å²) in [4.78, 5) is 8.16. The van der Waals surface area contributed by atoms with E-state index >= 15 is 0 Å². The molecule has 2 bridgehead atoms. The fraction of sp³-hybridized carbons (Fsp3) is 0.750. The molecule has 1 aromatic heterocycles. The fourth-order valence-electron chi connectivity index (χ4n) is 2.80. The van der Waals surface area contributed by atoms with E-state index in [0.29, 0.717) is 18.2 Å². The molecule has 2 saturated heterocycles. The van der Waals surface area contributed by atoms with Crippen molar-refractivity contribution in [3.63, 3.8) is 0 Å². The highest BCUT2D eigenvalue weighted by molar-refractivity contribution is 14.0. The number of guanidine groups is 1. The molecule has 0 amide bonds. The number of fused-ring (bicyclic) bond motifs is 2. The average molecular weight is 392 g/mol. The molecule has 7 nitrogen and oxygen atoms in total. The Morgan fingerprint density at radius 2 is 2.40 bits per heavy atom. The van der Waals surface area contributed by atoms with E-state index in [9.17, 15) is 0 Å². The summed E-state index contributed by atoms with van der Waals surface area (Å²) >= 11 is 0. The van der Waals surface area contributed by atoms with E-state index in [1.807, 2.05) is 0 Å². The number of nitrogens with one attached hydrogen (secondary N) is 2. The number of hydrogen-bond acceptors (Lipinski definition) is 4. The highest BCUT2D eigenvalue weighted by Crippen LogP contribution is 2.34. The SMILES string of the molecule is CN=C(NCCn1cncn1)NC1CC2CCC1O2.I. The molecule has 3 atom stereocenters. The van der Waals surface area contributed by atoms with Crippen LogP contribution in [-0.4, -0.2) is 52.6 Å². The van der Waals surface area contributed by atoms with Gasteiger partial charge in [0.15, 0.2) is 5.96 Å². The van der Waals surface area contributed by atoms with E-state index in [1.165, 1.54) is 6.42 Å². The van der Waals surface area contributed by atoms with E-state index < -0.39 is 0 Å². The highest BCUT2D eigenvalue weighted by atomic mass is 127. The van der Waals surface area contributed by atoms with Crippen LogP contribution in [0.5, 0.6) is 0 Å². The van der Waals surface area contributed by atoms with Crippen LogP contribution in [0, 0.1) is 0 Å². The van der Waals surface area contributed by atoms with Crippen molar-refractivity contribution < 1.29 is 4.74 Å². The van der Waals surface area contributed by atoms with Gasteiger partial charge in [-0.05, 0) is 19.3 Å². The van der Waals surface area contributed by atoms with Gasteiger partial charge in [-0.2, -0.15) is 5.10 Å². The van der Waals surface area contributed by atoms with E-state index in [2.05, 4.69) is 25.7 Å². The fourth-order valence-corrected chi connectivity index (χ4v) is 2.80. The molecule has 1 aromatic rings. The van der Waals surface area contributed by atoms with Gasteiger partial charge < -0.3 is 15.4 Å². The average Bonchev–Trinajstić information content (AvgIpc) is 3.14. The maximum atomic E-state index is 5.83.